The molecule has 1 aliphatic heterocycles. The van der Waals surface area contributed by atoms with E-state index in [1.807, 2.05) is 59.5 Å². The third kappa shape index (κ3) is 4.18. The molecule has 0 radical (unpaired) electrons. The molecule has 2 N–H and O–H groups in total. The molecule has 0 amide bonds. The number of para-hydroxylation sites is 1. The molecular weight excluding hydrogens is 504 g/mol. The maximum Gasteiger partial charge on any atom is 0.266 e. The van der Waals surface area contributed by atoms with Gasteiger partial charge in [0, 0.05) is 18.3 Å². The molecule has 1 fully saturated rings. The van der Waals surface area contributed by atoms with Crippen LogP contribution in [0.25, 0.3) is 27.7 Å². The van der Waals surface area contributed by atoms with Gasteiger partial charge in [-0.2, -0.15) is 10.2 Å². The molecule has 0 spiro atoms. The molecule has 1 saturated heterocycles. The van der Waals surface area contributed by atoms with Crippen molar-refractivity contribution in [1.82, 2.24) is 24.5 Å². The largest absolute Gasteiger partial charge is 0.495 e. The van der Waals surface area contributed by atoms with Gasteiger partial charge in [0.2, 0.25) is 5.95 Å². The topological polar surface area (TPSA) is 136 Å². The van der Waals surface area contributed by atoms with E-state index in [4.69, 9.17) is 15.5 Å². The first-order valence-electron chi connectivity index (χ1n) is 12.9. The Morgan fingerprint density at radius 2 is 1.90 bits per heavy atom. The molecular formula is C30H26N8O2. The summed E-state index contributed by atoms with van der Waals surface area (Å²) in [5, 5.41) is 10.4. The summed E-state index contributed by atoms with van der Waals surface area (Å²) in [6.45, 7) is 2.38. The molecule has 0 aliphatic carbocycles. The Kier molecular flexibility index (Phi) is 6.32. The number of ether oxygens (including phenoxy) is 1. The van der Waals surface area contributed by atoms with Crippen molar-refractivity contribution in [3.63, 3.8) is 0 Å². The summed E-state index contributed by atoms with van der Waals surface area (Å²) in [5.74, 6) is 1.72. The summed E-state index contributed by atoms with van der Waals surface area (Å²) in [6.07, 6.45) is 4.88. The predicted octanol–water partition coefficient (Wildman–Crippen LogP) is 4.35. The normalized spacial score (nSPS) is 14.8. The second-order valence-corrected chi connectivity index (χ2v) is 9.59. The number of nitrogens with zero attached hydrogens (tertiary/aromatic N) is 7. The Hall–Kier alpha value is -5.30. The van der Waals surface area contributed by atoms with Gasteiger partial charge in [-0.05, 0) is 49.6 Å². The molecule has 4 heterocycles. The third-order valence-corrected chi connectivity index (χ3v) is 7.22. The Morgan fingerprint density at radius 3 is 2.67 bits per heavy atom. The zero-order valence-electron chi connectivity index (χ0n) is 22.1. The molecule has 40 heavy (non-hydrogen) atoms. The first-order valence-corrected chi connectivity index (χ1v) is 12.9. The molecule has 6 rings (SSSR count). The highest BCUT2D eigenvalue weighted by Crippen LogP contribution is 2.38. The van der Waals surface area contributed by atoms with Crippen molar-refractivity contribution < 1.29 is 4.74 Å². The van der Waals surface area contributed by atoms with Crippen LogP contribution in [0, 0.1) is 18.3 Å². The maximum atomic E-state index is 14.5. The number of rotatable bonds is 5. The van der Waals surface area contributed by atoms with Crippen LogP contribution in [0.2, 0.25) is 0 Å². The molecule has 0 saturated carbocycles. The molecule has 2 aromatic carbocycles. The van der Waals surface area contributed by atoms with Crippen molar-refractivity contribution in [2.24, 2.45) is 0 Å². The number of aryl methyl sites for hydroxylation is 1. The lowest BCUT2D eigenvalue weighted by atomic mass is 10.0. The van der Waals surface area contributed by atoms with Crippen LogP contribution in [0.5, 0.6) is 5.75 Å². The van der Waals surface area contributed by atoms with Crippen molar-refractivity contribution in [2.75, 3.05) is 24.3 Å². The van der Waals surface area contributed by atoms with Crippen LogP contribution in [0.15, 0.2) is 71.8 Å². The van der Waals surface area contributed by atoms with Crippen molar-refractivity contribution in [2.45, 2.75) is 25.8 Å². The molecule has 0 unspecified atom stereocenters. The minimum Gasteiger partial charge on any atom is -0.495 e. The van der Waals surface area contributed by atoms with Crippen molar-refractivity contribution >= 4 is 22.7 Å². The molecule has 10 nitrogen and oxygen atoms in total. The second kappa shape index (κ2) is 10.1. The van der Waals surface area contributed by atoms with Crippen LogP contribution < -0.4 is 20.9 Å². The van der Waals surface area contributed by atoms with Gasteiger partial charge in [-0.25, -0.2) is 9.97 Å². The van der Waals surface area contributed by atoms with E-state index in [2.05, 4.69) is 21.0 Å². The molecule has 10 heteroatoms. The van der Waals surface area contributed by atoms with E-state index in [0.717, 1.165) is 18.4 Å². The minimum atomic E-state index is -0.319. The van der Waals surface area contributed by atoms with Gasteiger partial charge in [0.05, 0.1) is 41.6 Å². The number of nitriles is 1. The lowest BCUT2D eigenvalue weighted by Gasteiger charge is -2.28. The van der Waals surface area contributed by atoms with Crippen LogP contribution in [-0.2, 0) is 0 Å². The number of pyridine rings is 1. The standard InChI is InChI=1S/C30H26N8O2/c1-18-23(15-31)27(36-30(32)34-18)37-13-7-12-25(37)28-35-24-11-6-10-22(19-14-21(40-2)17-33-16-19)26(24)29(39)38(28)20-8-4-3-5-9-20/h3-6,8-11,14,16-17,25H,7,12-13H2,1-2H3,(H2,32,34,36)/t25-/m0/s1. The van der Waals surface area contributed by atoms with E-state index in [1.54, 1.807) is 31.0 Å². The molecule has 5 aromatic rings. The fourth-order valence-corrected chi connectivity index (χ4v) is 5.42. The average Bonchev–Trinajstić information content (AvgIpc) is 3.47. The summed E-state index contributed by atoms with van der Waals surface area (Å²) in [6, 6.07) is 18.9. The molecule has 1 atom stereocenters. The Balaban J connectivity index is 1.62. The van der Waals surface area contributed by atoms with E-state index in [9.17, 15) is 10.1 Å². The van der Waals surface area contributed by atoms with E-state index in [-0.39, 0.29) is 17.5 Å². The summed E-state index contributed by atoms with van der Waals surface area (Å²) < 4.78 is 7.05. The van der Waals surface area contributed by atoms with Crippen molar-refractivity contribution in [3.8, 4) is 28.6 Å². The lowest BCUT2D eigenvalue weighted by molar-refractivity contribution is 0.413. The predicted molar refractivity (Wildman–Crippen MR) is 152 cm³/mol. The van der Waals surface area contributed by atoms with Gasteiger partial charge in [-0.1, -0.05) is 30.3 Å². The smallest absolute Gasteiger partial charge is 0.266 e. The summed E-state index contributed by atoms with van der Waals surface area (Å²) in [4.78, 5) is 34.5. The Bertz CT molecular complexity index is 1850. The van der Waals surface area contributed by atoms with Gasteiger partial charge < -0.3 is 15.4 Å². The number of anilines is 2. The number of methoxy groups -OCH3 is 1. The number of hydrogen-bond acceptors (Lipinski definition) is 9. The monoisotopic (exact) mass is 530 g/mol. The van der Waals surface area contributed by atoms with Gasteiger partial charge in [0.15, 0.2) is 5.82 Å². The van der Waals surface area contributed by atoms with Crippen LogP contribution in [0.3, 0.4) is 0 Å². The van der Waals surface area contributed by atoms with Crippen molar-refractivity contribution in [3.05, 3.63) is 94.4 Å². The highest BCUT2D eigenvalue weighted by Gasteiger charge is 2.34. The number of hydrogen-bond donors (Lipinski definition) is 1. The Morgan fingerprint density at radius 1 is 1.07 bits per heavy atom. The van der Waals surface area contributed by atoms with E-state index in [0.29, 0.717) is 57.3 Å². The minimum absolute atomic E-state index is 0.0978. The SMILES string of the molecule is COc1cncc(-c2cccc3nc([C@@H]4CCCN4c4nc(N)nc(C)c4C#N)n(-c4ccccc4)c(=O)c23)c1. The molecule has 1 aliphatic rings. The molecule has 0 bridgehead atoms. The molecule has 198 valence electrons. The Labute approximate surface area is 230 Å². The number of nitrogens with two attached hydrogens (primary N) is 1. The summed E-state index contributed by atoms with van der Waals surface area (Å²) >= 11 is 0. The first-order chi connectivity index (χ1) is 19.5. The fraction of sp³-hybridized carbons (Fsp3) is 0.200. The van der Waals surface area contributed by atoms with Gasteiger partial charge >= 0.3 is 0 Å². The van der Waals surface area contributed by atoms with Gasteiger partial charge in [-0.3, -0.25) is 14.3 Å². The highest BCUT2D eigenvalue weighted by atomic mass is 16.5. The quantitative estimate of drug-likeness (QED) is 0.352. The number of aromatic nitrogens is 5. The van der Waals surface area contributed by atoms with Gasteiger partial charge in [0.1, 0.15) is 23.2 Å². The number of nitrogen functional groups attached to an aromatic ring is 1. The van der Waals surface area contributed by atoms with Crippen LogP contribution in [0.1, 0.15) is 36.0 Å². The lowest BCUT2D eigenvalue weighted by Crippen LogP contribution is -2.32. The average molecular weight is 531 g/mol. The van der Waals surface area contributed by atoms with E-state index >= 15 is 0 Å². The second-order valence-electron chi connectivity index (χ2n) is 9.59. The van der Waals surface area contributed by atoms with E-state index in [1.165, 1.54) is 0 Å². The first kappa shape index (κ1) is 25.0. The highest BCUT2D eigenvalue weighted by molar-refractivity contribution is 5.94. The fourth-order valence-electron chi connectivity index (χ4n) is 5.42. The summed E-state index contributed by atoms with van der Waals surface area (Å²) in [5.41, 5.74) is 9.41. The van der Waals surface area contributed by atoms with Crippen LogP contribution in [0.4, 0.5) is 11.8 Å². The van der Waals surface area contributed by atoms with Crippen LogP contribution in [-0.4, -0.2) is 38.2 Å². The van der Waals surface area contributed by atoms with Crippen molar-refractivity contribution in [1.29, 1.82) is 5.26 Å². The molecule has 3 aromatic heterocycles. The van der Waals surface area contributed by atoms with Gasteiger partial charge in [-0.15, -0.1) is 0 Å². The number of benzene rings is 2. The van der Waals surface area contributed by atoms with Crippen LogP contribution >= 0.6 is 0 Å². The van der Waals surface area contributed by atoms with E-state index < -0.39 is 0 Å². The zero-order valence-corrected chi connectivity index (χ0v) is 22.1. The summed E-state index contributed by atoms with van der Waals surface area (Å²) in [7, 11) is 1.58. The van der Waals surface area contributed by atoms with Gasteiger partial charge in [0.25, 0.3) is 5.56 Å². The maximum absolute atomic E-state index is 14.5. The number of fused-ring (bicyclic) bond motifs is 1. The third-order valence-electron chi connectivity index (χ3n) is 7.22. The zero-order chi connectivity index (χ0) is 27.8.